The first-order valence-electron chi connectivity index (χ1n) is 6.42. The molecule has 3 N–H and O–H groups in total. The third kappa shape index (κ3) is 5.05. The molecule has 0 bridgehead atoms. The molecule has 1 rings (SSSR count). The Hall–Kier alpha value is -0.710. The van der Waals surface area contributed by atoms with Gasteiger partial charge < -0.3 is 11.1 Å². The highest BCUT2D eigenvalue weighted by Crippen LogP contribution is 2.28. The molecule has 19 heavy (non-hydrogen) atoms. The zero-order valence-electron chi connectivity index (χ0n) is 11.4. The predicted molar refractivity (Wildman–Crippen MR) is 82.7 cm³/mol. The normalized spacial score (nSPS) is 14.1. The van der Waals surface area contributed by atoms with Gasteiger partial charge in [0.15, 0.2) is 0 Å². The van der Waals surface area contributed by atoms with E-state index in [1.54, 1.807) is 11.8 Å². The molecule has 0 aromatic heterocycles. The van der Waals surface area contributed by atoms with Gasteiger partial charge in [-0.3, -0.25) is 4.79 Å². The summed E-state index contributed by atoms with van der Waals surface area (Å²) in [6.07, 6.45) is 1.65. The van der Waals surface area contributed by atoms with E-state index in [9.17, 15) is 4.79 Å². The van der Waals surface area contributed by atoms with Crippen LogP contribution in [0.1, 0.15) is 26.7 Å². The highest BCUT2D eigenvalue weighted by Gasteiger charge is 2.29. The number of hydrogen-bond acceptors (Lipinski definition) is 3. The standard InChI is InChI=1S/C14H21ClN2OS/c1-3-9-17-14(2,13(16)18)8-10-19-12-7-5-4-6-11(12)15/h4-7,17H,3,8-10H2,1-2H3,(H2,16,18). The molecule has 1 atom stereocenters. The minimum absolute atomic E-state index is 0.305. The minimum atomic E-state index is -0.649. The van der Waals surface area contributed by atoms with E-state index in [0.29, 0.717) is 6.42 Å². The summed E-state index contributed by atoms with van der Waals surface area (Å²) in [4.78, 5) is 12.6. The maximum absolute atomic E-state index is 11.6. The van der Waals surface area contributed by atoms with Gasteiger partial charge in [-0.05, 0) is 38.4 Å². The van der Waals surface area contributed by atoms with Gasteiger partial charge >= 0.3 is 0 Å². The molecule has 3 nitrogen and oxygen atoms in total. The average Bonchev–Trinajstić information content (AvgIpc) is 2.38. The number of amides is 1. The summed E-state index contributed by atoms with van der Waals surface area (Å²) in [6.45, 7) is 4.71. The summed E-state index contributed by atoms with van der Waals surface area (Å²) < 4.78 is 0. The molecular weight excluding hydrogens is 280 g/mol. The fourth-order valence-electron chi connectivity index (χ4n) is 1.63. The lowest BCUT2D eigenvalue weighted by Crippen LogP contribution is -2.53. The van der Waals surface area contributed by atoms with Crippen molar-refractivity contribution in [2.75, 3.05) is 12.3 Å². The number of primary amides is 1. The van der Waals surface area contributed by atoms with Crippen molar-refractivity contribution in [3.8, 4) is 0 Å². The van der Waals surface area contributed by atoms with Gasteiger partial charge in [-0.1, -0.05) is 30.7 Å². The number of benzene rings is 1. The van der Waals surface area contributed by atoms with Crippen LogP contribution in [0.4, 0.5) is 0 Å². The van der Waals surface area contributed by atoms with Crippen LogP contribution in [0.15, 0.2) is 29.2 Å². The molecule has 1 amide bonds. The predicted octanol–water partition coefficient (Wildman–Crippen LogP) is 3.07. The smallest absolute Gasteiger partial charge is 0.237 e. The molecule has 0 saturated heterocycles. The number of carbonyl (C=O) groups excluding carboxylic acids is 1. The first-order chi connectivity index (χ1) is 8.99. The summed E-state index contributed by atoms with van der Waals surface area (Å²) >= 11 is 7.74. The van der Waals surface area contributed by atoms with Crippen molar-refractivity contribution < 1.29 is 4.79 Å². The van der Waals surface area contributed by atoms with Gasteiger partial charge in [0.25, 0.3) is 0 Å². The Kier molecular flexibility index (Phi) is 6.69. The maximum Gasteiger partial charge on any atom is 0.237 e. The molecule has 0 aliphatic carbocycles. The Morgan fingerprint density at radius 3 is 2.74 bits per heavy atom. The lowest BCUT2D eigenvalue weighted by molar-refractivity contribution is -0.123. The average molecular weight is 301 g/mol. The molecule has 0 heterocycles. The molecule has 0 aliphatic heterocycles. The maximum atomic E-state index is 11.6. The summed E-state index contributed by atoms with van der Waals surface area (Å²) in [6, 6.07) is 7.71. The highest BCUT2D eigenvalue weighted by molar-refractivity contribution is 7.99. The zero-order valence-corrected chi connectivity index (χ0v) is 13.0. The van der Waals surface area contributed by atoms with Crippen molar-refractivity contribution >= 4 is 29.3 Å². The number of nitrogens with one attached hydrogen (secondary N) is 1. The zero-order chi connectivity index (χ0) is 14.3. The van der Waals surface area contributed by atoms with Gasteiger partial charge in [0.2, 0.25) is 5.91 Å². The molecular formula is C14H21ClN2OS. The van der Waals surface area contributed by atoms with E-state index in [4.69, 9.17) is 17.3 Å². The van der Waals surface area contributed by atoms with Crippen LogP contribution < -0.4 is 11.1 Å². The van der Waals surface area contributed by atoms with Crippen molar-refractivity contribution in [2.45, 2.75) is 37.1 Å². The number of hydrogen-bond donors (Lipinski definition) is 2. The Balaban J connectivity index is 2.53. The largest absolute Gasteiger partial charge is 0.368 e. The van der Waals surface area contributed by atoms with Crippen molar-refractivity contribution in [1.82, 2.24) is 5.32 Å². The minimum Gasteiger partial charge on any atom is -0.368 e. The van der Waals surface area contributed by atoms with Crippen LogP contribution in [-0.2, 0) is 4.79 Å². The Bertz CT molecular complexity index is 428. The number of halogens is 1. The third-order valence-corrected chi connectivity index (χ3v) is 4.52. The van der Waals surface area contributed by atoms with E-state index in [0.717, 1.165) is 28.6 Å². The Morgan fingerprint density at radius 2 is 2.16 bits per heavy atom. The highest BCUT2D eigenvalue weighted by atomic mass is 35.5. The molecule has 0 spiro atoms. The molecule has 0 saturated carbocycles. The topological polar surface area (TPSA) is 55.1 Å². The summed E-state index contributed by atoms with van der Waals surface area (Å²) in [5, 5.41) is 3.97. The van der Waals surface area contributed by atoms with E-state index in [1.807, 2.05) is 31.2 Å². The molecule has 0 fully saturated rings. The van der Waals surface area contributed by atoms with Crippen LogP contribution in [0.3, 0.4) is 0 Å². The van der Waals surface area contributed by atoms with E-state index < -0.39 is 5.54 Å². The van der Waals surface area contributed by atoms with Crippen molar-refractivity contribution in [2.24, 2.45) is 5.73 Å². The van der Waals surface area contributed by atoms with Crippen molar-refractivity contribution in [3.63, 3.8) is 0 Å². The second-order valence-corrected chi connectivity index (χ2v) is 6.20. The molecule has 1 unspecified atom stereocenters. The number of carbonyl (C=O) groups is 1. The van der Waals surface area contributed by atoms with Crippen LogP contribution in [0.5, 0.6) is 0 Å². The number of nitrogens with two attached hydrogens (primary N) is 1. The van der Waals surface area contributed by atoms with Gasteiger partial charge in [0.1, 0.15) is 0 Å². The number of thioether (sulfide) groups is 1. The first kappa shape index (κ1) is 16.3. The van der Waals surface area contributed by atoms with Gasteiger partial charge in [-0.25, -0.2) is 0 Å². The van der Waals surface area contributed by atoms with Gasteiger partial charge in [0.05, 0.1) is 10.6 Å². The monoisotopic (exact) mass is 300 g/mol. The van der Waals surface area contributed by atoms with Crippen LogP contribution in [0.25, 0.3) is 0 Å². The van der Waals surface area contributed by atoms with Crippen molar-refractivity contribution in [1.29, 1.82) is 0 Å². The second-order valence-electron chi connectivity index (χ2n) is 4.65. The van der Waals surface area contributed by atoms with E-state index in [2.05, 4.69) is 12.2 Å². The SMILES string of the molecule is CCCNC(C)(CCSc1ccccc1Cl)C(N)=O. The first-order valence-corrected chi connectivity index (χ1v) is 7.78. The van der Waals surface area contributed by atoms with Crippen LogP contribution >= 0.6 is 23.4 Å². The summed E-state index contributed by atoms with van der Waals surface area (Å²) in [5.74, 6) is 0.487. The number of rotatable bonds is 8. The van der Waals surface area contributed by atoms with Gasteiger partial charge in [-0.15, -0.1) is 11.8 Å². The van der Waals surface area contributed by atoms with E-state index >= 15 is 0 Å². The molecule has 0 aliphatic rings. The quantitative estimate of drug-likeness (QED) is 0.726. The Morgan fingerprint density at radius 1 is 1.47 bits per heavy atom. The summed E-state index contributed by atoms with van der Waals surface area (Å²) in [7, 11) is 0. The van der Waals surface area contributed by atoms with Gasteiger partial charge in [0, 0.05) is 10.6 Å². The van der Waals surface area contributed by atoms with Crippen molar-refractivity contribution in [3.05, 3.63) is 29.3 Å². The molecule has 106 valence electrons. The van der Waals surface area contributed by atoms with Crippen LogP contribution in [0, 0.1) is 0 Å². The lowest BCUT2D eigenvalue weighted by atomic mass is 9.98. The lowest BCUT2D eigenvalue weighted by Gasteiger charge is -2.27. The molecule has 5 heteroatoms. The summed E-state index contributed by atoms with van der Waals surface area (Å²) in [5.41, 5.74) is 4.84. The van der Waals surface area contributed by atoms with Crippen LogP contribution in [-0.4, -0.2) is 23.7 Å². The third-order valence-electron chi connectivity index (χ3n) is 3.01. The fourth-order valence-corrected chi connectivity index (χ4v) is 3.04. The molecule has 1 aromatic carbocycles. The Labute approximate surface area is 124 Å². The second kappa shape index (κ2) is 7.78. The van der Waals surface area contributed by atoms with E-state index in [1.165, 1.54) is 0 Å². The molecule has 0 radical (unpaired) electrons. The van der Waals surface area contributed by atoms with Gasteiger partial charge in [-0.2, -0.15) is 0 Å². The van der Waals surface area contributed by atoms with Crippen LogP contribution in [0.2, 0.25) is 5.02 Å². The fraction of sp³-hybridized carbons (Fsp3) is 0.500. The van der Waals surface area contributed by atoms with E-state index in [-0.39, 0.29) is 5.91 Å². The molecule has 1 aromatic rings.